The Bertz CT molecular complexity index is 797. The smallest absolute Gasteiger partial charge is 0.239 e. The quantitative estimate of drug-likeness (QED) is 0.634. The van der Waals surface area contributed by atoms with E-state index in [0.717, 1.165) is 24.3 Å². The highest BCUT2D eigenvalue weighted by Crippen LogP contribution is 2.24. The molecule has 0 aliphatic rings. The Morgan fingerprint density at radius 2 is 1.45 bits per heavy atom. The summed E-state index contributed by atoms with van der Waals surface area (Å²) in [6, 6.07) is 17.6. The lowest BCUT2D eigenvalue weighted by Gasteiger charge is -2.30. The van der Waals surface area contributed by atoms with Crippen LogP contribution in [0.5, 0.6) is 0 Å². The third-order valence-corrected chi connectivity index (χ3v) is 5.24. The number of carbonyl (C=O) groups is 2. The Morgan fingerprint density at radius 3 is 1.97 bits per heavy atom. The third-order valence-electron chi connectivity index (χ3n) is 5.24. The van der Waals surface area contributed by atoms with Gasteiger partial charge in [-0.05, 0) is 64.4 Å². The summed E-state index contributed by atoms with van der Waals surface area (Å²) < 4.78 is 0. The van der Waals surface area contributed by atoms with Crippen LogP contribution in [0.4, 0.5) is 11.4 Å². The molecule has 0 saturated heterocycles. The zero-order valence-electron chi connectivity index (χ0n) is 18.2. The Hall–Kier alpha value is -2.82. The van der Waals surface area contributed by atoms with E-state index in [-0.39, 0.29) is 11.8 Å². The molecule has 0 fully saturated rings. The van der Waals surface area contributed by atoms with Crippen LogP contribution in [-0.4, -0.2) is 36.3 Å². The second-order valence-corrected chi connectivity index (χ2v) is 7.60. The van der Waals surface area contributed by atoms with Crippen LogP contribution in [0.15, 0.2) is 54.6 Å². The van der Waals surface area contributed by atoms with Gasteiger partial charge >= 0.3 is 0 Å². The van der Waals surface area contributed by atoms with Crippen LogP contribution in [0.1, 0.15) is 40.2 Å². The summed E-state index contributed by atoms with van der Waals surface area (Å²) in [6.45, 7) is 12.4. The van der Waals surface area contributed by atoms with Crippen molar-refractivity contribution < 1.29 is 9.59 Å². The average Bonchev–Trinajstić information content (AvgIpc) is 2.74. The van der Waals surface area contributed by atoms with Gasteiger partial charge in [-0.15, -0.1) is 0 Å². The fourth-order valence-electron chi connectivity index (χ4n) is 3.26. The van der Waals surface area contributed by atoms with Gasteiger partial charge in [-0.2, -0.15) is 0 Å². The molecule has 0 aliphatic heterocycles. The Labute approximate surface area is 174 Å². The fourth-order valence-corrected chi connectivity index (χ4v) is 3.26. The summed E-state index contributed by atoms with van der Waals surface area (Å²) in [5.41, 5.74) is 1.69. The zero-order valence-corrected chi connectivity index (χ0v) is 18.2. The lowest BCUT2D eigenvalue weighted by atomic mass is 9.90. The summed E-state index contributed by atoms with van der Waals surface area (Å²) in [5, 5.41) is 2.90. The van der Waals surface area contributed by atoms with Gasteiger partial charge in [0.2, 0.25) is 11.8 Å². The molecule has 2 rings (SSSR count). The van der Waals surface area contributed by atoms with E-state index < -0.39 is 5.41 Å². The molecule has 0 aromatic heterocycles. The zero-order chi connectivity index (χ0) is 21.4. The number of nitrogens with one attached hydrogen (secondary N) is 1. The molecule has 1 N–H and O–H groups in total. The Balaban J connectivity index is 2.08. The van der Waals surface area contributed by atoms with Crippen molar-refractivity contribution in [3.8, 4) is 0 Å². The molecule has 2 aromatic carbocycles. The summed E-state index contributed by atoms with van der Waals surface area (Å²) in [6.07, 6.45) is 0. The molecule has 0 heterocycles. The van der Waals surface area contributed by atoms with E-state index in [1.165, 1.54) is 0 Å². The van der Waals surface area contributed by atoms with Crippen molar-refractivity contribution in [1.29, 1.82) is 0 Å². The van der Waals surface area contributed by atoms with E-state index in [2.05, 4.69) is 24.1 Å². The van der Waals surface area contributed by atoms with Gasteiger partial charge in [0.05, 0.1) is 0 Å². The van der Waals surface area contributed by atoms with Crippen LogP contribution in [0.3, 0.4) is 0 Å². The van der Waals surface area contributed by atoms with E-state index in [9.17, 15) is 9.59 Å². The number of hydrogen-bond acceptors (Lipinski definition) is 3. The second kappa shape index (κ2) is 10.1. The number of amides is 2. The lowest BCUT2D eigenvalue weighted by Crippen LogP contribution is -2.47. The normalized spacial score (nSPS) is 11.1. The third kappa shape index (κ3) is 5.59. The molecule has 5 nitrogen and oxygen atoms in total. The lowest BCUT2D eigenvalue weighted by molar-refractivity contribution is -0.146. The van der Waals surface area contributed by atoms with Gasteiger partial charge in [-0.1, -0.05) is 30.3 Å². The van der Waals surface area contributed by atoms with Gasteiger partial charge in [0.15, 0.2) is 0 Å². The minimum absolute atomic E-state index is 0.180. The molecule has 0 aliphatic carbocycles. The van der Waals surface area contributed by atoms with E-state index in [1.807, 2.05) is 61.5 Å². The molecular weight excluding hydrogens is 362 g/mol. The average molecular weight is 396 g/mol. The first-order valence-corrected chi connectivity index (χ1v) is 10.3. The summed E-state index contributed by atoms with van der Waals surface area (Å²) >= 11 is 0. The Kier molecular flexibility index (Phi) is 7.82. The van der Waals surface area contributed by atoms with E-state index in [1.54, 1.807) is 18.7 Å². The molecule has 0 unspecified atom stereocenters. The highest BCUT2D eigenvalue weighted by molar-refractivity contribution is 6.09. The molecule has 156 valence electrons. The van der Waals surface area contributed by atoms with Gasteiger partial charge in [-0.25, -0.2) is 0 Å². The van der Waals surface area contributed by atoms with E-state index in [0.29, 0.717) is 18.8 Å². The predicted octanol–water partition coefficient (Wildman–Crippen LogP) is 4.55. The second-order valence-electron chi connectivity index (χ2n) is 7.60. The highest BCUT2D eigenvalue weighted by Gasteiger charge is 2.38. The monoisotopic (exact) mass is 395 g/mol. The van der Waals surface area contributed by atoms with Crippen LogP contribution in [0, 0.1) is 5.41 Å². The maximum Gasteiger partial charge on any atom is 0.239 e. The van der Waals surface area contributed by atoms with E-state index >= 15 is 0 Å². The standard InChI is InChI=1S/C24H33N3O2/c1-6-26(7-2)21-16-14-20(15-17-21)25-22(28)24(4,5)23(29)27(8-3)18-19-12-10-9-11-13-19/h9-17H,6-8,18H2,1-5H3,(H,25,28). The van der Waals surface area contributed by atoms with Crippen molar-refractivity contribution in [3.05, 3.63) is 60.2 Å². The molecule has 0 radical (unpaired) electrons. The highest BCUT2D eigenvalue weighted by atomic mass is 16.2. The first-order valence-electron chi connectivity index (χ1n) is 10.3. The maximum atomic E-state index is 13.1. The minimum atomic E-state index is -1.16. The van der Waals surface area contributed by atoms with Crippen molar-refractivity contribution in [3.63, 3.8) is 0 Å². The van der Waals surface area contributed by atoms with Crippen LogP contribution in [0.2, 0.25) is 0 Å². The molecule has 0 bridgehead atoms. The summed E-state index contributed by atoms with van der Waals surface area (Å²) in [7, 11) is 0. The first-order chi connectivity index (χ1) is 13.8. The van der Waals surface area contributed by atoms with Crippen LogP contribution in [0.25, 0.3) is 0 Å². The molecular formula is C24H33N3O2. The van der Waals surface area contributed by atoms with Crippen molar-refractivity contribution in [2.45, 2.75) is 41.2 Å². The number of hydrogen-bond donors (Lipinski definition) is 1. The van der Waals surface area contributed by atoms with Gasteiger partial charge in [0.1, 0.15) is 5.41 Å². The van der Waals surface area contributed by atoms with Gasteiger partial charge < -0.3 is 15.1 Å². The molecule has 0 saturated carbocycles. The molecule has 5 heteroatoms. The van der Waals surface area contributed by atoms with Crippen molar-refractivity contribution in [2.24, 2.45) is 5.41 Å². The predicted molar refractivity (Wildman–Crippen MR) is 120 cm³/mol. The summed E-state index contributed by atoms with van der Waals surface area (Å²) in [4.78, 5) is 30.0. The number of nitrogens with zero attached hydrogens (tertiary/aromatic N) is 2. The van der Waals surface area contributed by atoms with Gasteiger partial charge in [-0.3, -0.25) is 9.59 Å². The topological polar surface area (TPSA) is 52.7 Å². The van der Waals surface area contributed by atoms with Crippen molar-refractivity contribution in [1.82, 2.24) is 4.90 Å². The van der Waals surface area contributed by atoms with Crippen molar-refractivity contribution >= 4 is 23.2 Å². The molecule has 2 amide bonds. The van der Waals surface area contributed by atoms with Gasteiger partial charge in [0.25, 0.3) is 0 Å². The maximum absolute atomic E-state index is 13.1. The van der Waals surface area contributed by atoms with E-state index in [4.69, 9.17) is 0 Å². The number of carbonyl (C=O) groups excluding carboxylic acids is 2. The SMILES string of the molecule is CCN(Cc1ccccc1)C(=O)C(C)(C)C(=O)Nc1ccc(N(CC)CC)cc1. The Morgan fingerprint density at radius 1 is 0.862 bits per heavy atom. The molecule has 29 heavy (non-hydrogen) atoms. The number of rotatable bonds is 9. The first kappa shape index (κ1) is 22.5. The van der Waals surface area contributed by atoms with Crippen LogP contribution < -0.4 is 10.2 Å². The van der Waals surface area contributed by atoms with Crippen molar-refractivity contribution in [2.75, 3.05) is 29.9 Å². The summed E-state index contributed by atoms with van der Waals surface area (Å²) in [5.74, 6) is -0.481. The van der Waals surface area contributed by atoms with Crippen LogP contribution >= 0.6 is 0 Å². The fraction of sp³-hybridized carbons (Fsp3) is 0.417. The number of benzene rings is 2. The van der Waals surface area contributed by atoms with Crippen LogP contribution in [-0.2, 0) is 16.1 Å². The largest absolute Gasteiger partial charge is 0.372 e. The molecule has 0 spiro atoms. The molecule has 0 atom stereocenters. The van der Waals surface area contributed by atoms with Gasteiger partial charge in [0, 0.05) is 37.6 Å². The molecule has 2 aromatic rings. The number of anilines is 2. The minimum Gasteiger partial charge on any atom is -0.372 e.